The van der Waals surface area contributed by atoms with E-state index in [4.69, 9.17) is 9.47 Å². The number of methoxy groups -OCH3 is 1. The van der Waals surface area contributed by atoms with Crippen molar-refractivity contribution in [2.45, 2.75) is 11.8 Å². The number of sulfonamides is 1. The Morgan fingerprint density at radius 2 is 1.48 bits per heavy atom. The van der Waals surface area contributed by atoms with Crippen molar-refractivity contribution in [3.63, 3.8) is 0 Å². The first kappa shape index (κ1) is 18.7. The molecule has 0 amide bonds. The highest BCUT2D eigenvalue weighted by Gasteiger charge is 2.11. The van der Waals surface area contributed by atoms with Crippen molar-refractivity contribution in [3.05, 3.63) is 83.9 Å². The monoisotopic (exact) mass is 381 g/mol. The Kier molecular flexibility index (Phi) is 5.57. The predicted octanol–water partition coefficient (Wildman–Crippen LogP) is 4.60. The van der Waals surface area contributed by atoms with E-state index in [0.717, 1.165) is 5.56 Å². The molecule has 0 saturated carbocycles. The Morgan fingerprint density at radius 1 is 0.852 bits per heavy atom. The molecule has 5 nitrogen and oxygen atoms in total. The highest BCUT2D eigenvalue weighted by atomic mass is 32.2. The lowest BCUT2D eigenvalue weighted by atomic mass is 10.2. The zero-order valence-electron chi connectivity index (χ0n) is 15.0. The van der Waals surface area contributed by atoms with Crippen molar-refractivity contribution >= 4 is 16.2 Å². The zero-order valence-corrected chi connectivity index (χ0v) is 15.8. The maximum atomic E-state index is 12.3. The van der Waals surface area contributed by atoms with Gasteiger partial charge in [0.2, 0.25) is 0 Å². The molecular weight excluding hydrogens is 362 g/mol. The average molecular weight is 381 g/mol. The third-order valence-corrected chi connectivity index (χ3v) is 5.09. The van der Waals surface area contributed by atoms with Gasteiger partial charge in [-0.25, -0.2) is 0 Å². The topological polar surface area (TPSA) is 65.0 Å². The van der Waals surface area contributed by atoms with Crippen LogP contribution < -0.4 is 9.47 Å². The number of rotatable bonds is 6. The van der Waals surface area contributed by atoms with Crippen molar-refractivity contribution in [3.8, 4) is 17.2 Å². The molecule has 0 aliphatic rings. The van der Waals surface area contributed by atoms with Crippen molar-refractivity contribution in [2.24, 2.45) is 4.40 Å². The quantitative estimate of drug-likeness (QED) is 0.585. The molecule has 0 aromatic heterocycles. The molecule has 0 spiro atoms. The Morgan fingerprint density at radius 3 is 2.11 bits per heavy atom. The van der Waals surface area contributed by atoms with E-state index in [1.54, 1.807) is 55.6 Å². The zero-order chi connectivity index (χ0) is 19.3. The van der Waals surface area contributed by atoms with Crippen molar-refractivity contribution in [1.29, 1.82) is 0 Å². The summed E-state index contributed by atoms with van der Waals surface area (Å²) in [7, 11) is -2.14. The van der Waals surface area contributed by atoms with Gasteiger partial charge < -0.3 is 9.47 Å². The van der Waals surface area contributed by atoms with Crippen LogP contribution in [0.2, 0.25) is 0 Å². The van der Waals surface area contributed by atoms with Gasteiger partial charge in [-0.05, 0) is 61.0 Å². The summed E-state index contributed by atoms with van der Waals surface area (Å²) in [6.07, 6.45) is 1.32. The Hall–Kier alpha value is -3.12. The smallest absolute Gasteiger partial charge is 0.282 e. The summed E-state index contributed by atoms with van der Waals surface area (Å²) in [5.74, 6) is 1.84. The lowest BCUT2D eigenvalue weighted by Crippen LogP contribution is -1.97. The summed E-state index contributed by atoms with van der Waals surface area (Å²) >= 11 is 0. The van der Waals surface area contributed by atoms with Gasteiger partial charge in [-0.1, -0.05) is 29.8 Å². The SMILES string of the molecule is COc1ccccc1Oc1ccc(/C=N/S(=O)(=O)c2ccc(C)cc2)cc1. The molecule has 27 heavy (non-hydrogen) atoms. The maximum Gasteiger partial charge on any atom is 0.282 e. The first-order valence-corrected chi connectivity index (χ1v) is 9.70. The van der Waals surface area contributed by atoms with Crippen molar-refractivity contribution in [2.75, 3.05) is 7.11 Å². The second-order valence-corrected chi connectivity index (χ2v) is 7.48. The summed E-state index contributed by atoms with van der Waals surface area (Å²) in [6, 6.07) is 20.9. The molecule has 138 valence electrons. The highest BCUT2D eigenvalue weighted by Crippen LogP contribution is 2.30. The van der Waals surface area contributed by atoms with Crippen LogP contribution in [0.3, 0.4) is 0 Å². The molecule has 0 fully saturated rings. The molecule has 0 heterocycles. The normalized spacial score (nSPS) is 11.5. The summed E-state index contributed by atoms with van der Waals surface area (Å²) in [4.78, 5) is 0.167. The second-order valence-electron chi connectivity index (χ2n) is 5.84. The molecule has 0 radical (unpaired) electrons. The van der Waals surface area contributed by atoms with Gasteiger partial charge in [-0.3, -0.25) is 0 Å². The van der Waals surface area contributed by atoms with E-state index in [0.29, 0.717) is 22.8 Å². The van der Waals surface area contributed by atoms with Gasteiger partial charge in [0, 0.05) is 6.21 Å². The molecule has 0 atom stereocenters. The van der Waals surface area contributed by atoms with E-state index in [1.165, 1.54) is 6.21 Å². The Labute approximate surface area is 159 Å². The fourth-order valence-electron chi connectivity index (χ4n) is 2.35. The number of ether oxygens (including phenoxy) is 2. The van der Waals surface area contributed by atoms with Crippen LogP contribution in [0, 0.1) is 6.92 Å². The first-order chi connectivity index (χ1) is 13.0. The van der Waals surface area contributed by atoms with Crippen LogP contribution in [0.1, 0.15) is 11.1 Å². The number of para-hydroxylation sites is 2. The minimum Gasteiger partial charge on any atom is -0.493 e. The molecule has 3 aromatic rings. The number of nitrogens with zero attached hydrogens (tertiary/aromatic N) is 1. The van der Waals surface area contributed by atoms with E-state index in [9.17, 15) is 8.42 Å². The van der Waals surface area contributed by atoms with Gasteiger partial charge >= 0.3 is 0 Å². The van der Waals surface area contributed by atoms with Crippen LogP contribution in [0.25, 0.3) is 0 Å². The molecule has 0 unspecified atom stereocenters. The van der Waals surface area contributed by atoms with Gasteiger partial charge in [-0.15, -0.1) is 0 Å². The van der Waals surface area contributed by atoms with E-state index >= 15 is 0 Å². The van der Waals surface area contributed by atoms with E-state index in [2.05, 4.69) is 4.40 Å². The van der Waals surface area contributed by atoms with E-state index in [1.807, 2.05) is 31.2 Å². The van der Waals surface area contributed by atoms with Gasteiger partial charge in [0.1, 0.15) is 5.75 Å². The van der Waals surface area contributed by atoms with Gasteiger partial charge in [0.25, 0.3) is 10.0 Å². The standard InChI is InChI=1S/C21H19NO4S/c1-16-7-13-19(14-8-16)27(23,24)22-15-17-9-11-18(12-10-17)26-21-6-4-3-5-20(21)25-2/h3-15H,1-2H3/b22-15+. The van der Waals surface area contributed by atoms with Gasteiger partial charge in [0.05, 0.1) is 12.0 Å². The predicted molar refractivity (Wildman–Crippen MR) is 105 cm³/mol. The largest absolute Gasteiger partial charge is 0.493 e. The maximum absolute atomic E-state index is 12.3. The molecule has 3 rings (SSSR count). The molecule has 0 saturated heterocycles. The van der Waals surface area contributed by atoms with E-state index < -0.39 is 10.0 Å². The average Bonchev–Trinajstić information content (AvgIpc) is 2.68. The fourth-order valence-corrected chi connectivity index (χ4v) is 3.22. The van der Waals surface area contributed by atoms with Crippen LogP contribution in [-0.2, 0) is 10.0 Å². The highest BCUT2D eigenvalue weighted by molar-refractivity contribution is 7.90. The van der Waals surface area contributed by atoms with Gasteiger partial charge in [-0.2, -0.15) is 12.8 Å². The second kappa shape index (κ2) is 8.05. The molecule has 0 aliphatic heterocycles. The lowest BCUT2D eigenvalue weighted by Gasteiger charge is -2.09. The van der Waals surface area contributed by atoms with Crippen molar-refractivity contribution in [1.82, 2.24) is 0 Å². The van der Waals surface area contributed by atoms with Crippen LogP contribution in [0.15, 0.2) is 82.1 Å². The lowest BCUT2D eigenvalue weighted by molar-refractivity contribution is 0.379. The summed E-state index contributed by atoms with van der Waals surface area (Å²) in [5, 5.41) is 0. The van der Waals surface area contributed by atoms with Crippen LogP contribution >= 0.6 is 0 Å². The number of hydrogen-bond donors (Lipinski definition) is 0. The third-order valence-electron chi connectivity index (χ3n) is 3.84. The Balaban J connectivity index is 1.73. The molecular formula is C21H19NO4S. The molecule has 6 heteroatoms. The molecule has 3 aromatic carbocycles. The van der Waals surface area contributed by atoms with Crippen LogP contribution in [0.4, 0.5) is 0 Å². The summed E-state index contributed by atoms with van der Waals surface area (Å²) < 4.78 is 39.3. The van der Waals surface area contributed by atoms with Gasteiger partial charge in [0.15, 0.2) is 11.5 Å². The first-order valence-electron chi connectivity index (χ1n) is 8.26. The third kappa shape index (κ3) is 4.74. The molecule has 0 bridgehead atoms. The summed E-state index contributed by atoms with van der Waals surface area (Å²) in [5.41, 5.74) is 1.64. The number of aryl methyl sites for hydroxylation is 1. The number of benzene rings is 3. The van der Waals surface area contributed by atoms with E-state index in [-0.39, 0.29) is 4.90 Å². The fraction of sp³-hybridized carbons (Fsp3) is 0.0952. The van der Waals surface area contributed by atoms with Crippen LogP contribution in [0.5, 0.6) is 17.2 Å². The van der Waals surface area contributed by atoms with Crippen LogP contribution in [-0.4, -0.2) is 21.7 Å². The molecule has 0 N–H and O–H groups in total. The minimum atomic E-state index is -3.72. The Bertz CT molecular complexity index is 1040. The number of hydrogen-bond acceptors (Lipinski definition) is 4. The van der Waals surface area contributed by atoms with Crippen molar-refractivity contribution < 1.29 is 17.9 Å². The minimum absolute atomic E-state index is 0.167. The molecule has 0 aliphatic carbocycles. The summed E-state index contributed by atoms with van der Waals surface area (Å²) in [6.45, 7) is 1.90.